The lowest BCUT2D eigenvalue weighted by Gasteiger charge is -2.24. The van der Waals surface area contributed by atoms with Gasteiger partial charge < -0.3 is 14.6 Å². The third-order valence-corrected chi connectivity index (χ3v) is 5.44. The highest BCUT2D eigenvalue weighted by Gasteiger charge is 2.17. The first kappa shape index (κ1) is 18.4. The number of nitrogens with one attached hydrogen (secondary N) is 2. The Morgan fingerprint density at radius 3 is 2.50 bits per heavy atom. The van der Waals surface area contributed by atoms with Crippen LogP contribution >= 0.6 is 0 Å². The SMILES string of the molecule is O=C(NCc1ccccc1C[NH+]1CCCCC1)c1cc2ccccc2oc1=O. The second-order valence-electron chi connectivity index (χ2n) is 7.42. The number of amides is 1. The molecule has 5 nitrogen and oxygen atoms in total. The third kappa shape index (κ3) is 4.15. The van der Waals surface area contributed by atoms with Crippen molar-refractivity contribution in [3.8, 4) is 0 Å². The number of para-hydroxylation sites is 1. The maximum Gasteiger partial charge on any atom is 0.349 e. The molecule has 1 aromatic heterocycles. The van der Waals surface area contributed by atoms with Gasteiger partial charge in [-0.25, -0.2) is 4.79 Å². The Morgan fingerprint density at radius 1 is 0.964 bits per heavy atom. The maximum absolute atomic E-state index is 12.6. The van der Waals surface area contributed by atoms with E-state index in [9.17, 15) is 9.59 Å². The van der Waals surface area contributed by atoms with Crippen molar-refractivity contribution < 1.29 is 14.1 Å². The Morgan fingerprint density at radius 2 is 1.68 bits per heavy atom. The second-order valence-corrected chi connectivity index (χ2v) is 7.42. The second kappa shape index (κ2) is 8.40. The van der Waals surface area contributed by atoms with Gasteiger partial charge in [-0.15, -0.1) is 0 Å². The number of carbonyl (C=O) groups is 1. The van der Waals surface area contributed by atoms with Crippen LogP contribution in [0.1, 0.15) is 40.7 Å². The van der Waals surface area contributed by atoms with Crippen LogP contribution in [0.4, 0.5) is 0 Å². The summed E-state index contributed by atoms with van der Waals surface area (Å²) in [6.07, 6.45) is 3.90. The van der Waals surface area contributed by atoms with Crippen molar-refractivity contribution >= 4 is 16.9 Å². The number of hydrogen-bond donors (Lipinski definition) is 2. The van der Waals surface area contributed by atoms with Gasteiger partial charge in [0.05, 0.1) is 13.1 Å². The molecular formula is C23H25N2O3+. The predicted octanol–water partition coefficient (Wildman–Crippen LogP) is 2.29. The van der Waals surface area contributed by atoms with Crippen molar-refractivity contribution in [2.24, 2.45) is 0 Å². The number of hydrogen-bond acceptors (Lipinski definition) is 3. The fraction of sp³-hybridized carbons (Fsp3) is 0.304. The van der Waals surface area contributed by atoms with Crippen LogP contribution in [0, 0.1) is 0 Å². The fourth-order valence-electron chi connectivity index (χ4n) is 3.89. The molecule has 0 saturated carbocycles. The van der Waals surface area contributed by atoms with Crippen LogP contribution in [0.3, 0.4) is 0 Å². The van der Waals surface area contributed by atoms with Crippen molar-refractivity contribution in [2.75, 3.05) is 13.1 Å². The Balaban J connectivity index is 1.48. The van der Waals surface area contributed by atoms with Crippen molar-refractivity contribution in [3.63, 3.8) is 0 Å². The van der Waals surface area contributed by atoms with Gasteiger partial charge in [-0.05, 0) is 37.0 Å². The van der Waals surface area contributed by atoms with E-state index in [-0.39, 0.29) is 5.56 Å². The van der Waals surface area contributed by atoms with E-state index in [4.69, 9.17) is 4.42 Å². The van der Waals surface area contributed by atoms with Crippen molar-refractivity contribution in [1.82, 2.24) is 5.32 Å². The standard InChI is InChI=1S/C23H24N2O3/c26-22(20-14-17-8-4-5-11-21(17)28-23(20)27)24-15-18-9-2-3-10-19(18)16-25-12-6-1-7-13-25/h2-5,8-11,14H,1,6-7,12-13,15-16H2,(H,24,26)/p+1. The summed E-state index contributed by atoms with van der Waals surface area (Å²) < 4.78 is 5.27. The summed E-state index contributed by atoms with van der Waals surface area (Å²) in [6.45, 7) is 3.79. The number of piperidine rings is 1. The monoisotopic (exact) mass is 377 g/mol. The summed E-state index contributed by atoms with van der Waals surface area (Å²) in [5, 5.41) is 3.63. The smallest absolute Gasteiger partial charge is 0.349 e. The van der Waals surface area contributed by atoms with Gasteiger partial charge in [0.25, 0.3) is 5.91 Å². The van der Waals surface area contributed by atoms with E-state index >= 15 is 0 Å². The van der Waals surface area contributed by atoms with E-state index in [1.54, 1.807) is 23.1 Å². The summed E-state index contributed by atoms with van der Waals surface area (Å²) in [5.41, 5.74) is 2.27. The molecule has 1 aliphatic heterocycles. The van der Waals surface area contributed by atoms with Crippen molar-refractivity contribution in [2.45, 2.75) is 32.4 Å². The number of carbonyl (C=O) groups excluding carboxylic acids is 1. The van der Waals surface area contributed by atoms with Crippen LogP contribution in [-0.4, -0.2) is 19.0 Å². The Kier molecular flexibility index (Phi) is 5.53. The van der Waals surface area contributed by atoms with Crippen LogP contribution < -0.4 is 15.8 Å². The molecule has 0 spiro atoms. The molecule has 3 aromatic rings. The molecule has 1 amide bonds. The van der Waals surface area contributed by atoms with Crippen LogP contribution in [0.5, 0.6) is 0 Å². The topological polar surface area (TPSA) is 63.8 Å². The average Bonchev–Trinajstić information content (AvgIpc) is 2.73. The van der Waals surface area contributed by atoms with Crippen LogP contribution in [0.25, 0.3) is 11.0 Å². The van der Waals surface area contributed by atoms with E-state index in [1.165, 1.54) is 37.9 Å². The summed E-state index contributed by atoms with van der Waals surface area (Å²) in [6, 6.07) is 17.0. The molecular weight excluding hydrogens is 352 g/mol. The van der Waals surface area contributed by atoms with Gasteiger partial charge in [0.2, 0.25) is 0 Å². The Labute approximate surface area is 164 Å². The number of rotatable bonds is 5. The van der Waals surface area contributed by atoms with Crippen molar-refractivity contribution in [3.05, 3.63) is 81.7 Å². The van der Waals surface area contributed by atoms with Crippen molar-refractivity contribution in [1.29, 1.82) is 0 Å². The molecule has 0 radical (unpaired) electrons. The maximum atomic E-state index is 12.6. The first-order valence-corrected chi connectivity index (χ1v) is 9.92. The molecule has 1 aliphatic rings. The first-order chi connectivity index (χ1) is 13.7. The first-order valence-electron chi connectivity index (χ1n) is 9.92. The van der Waals surface area contributed by atoms with Gasteiger partial charge in [0.1, 0.15) is 17.7 Å². The zero-order valence-corrected chi connectivity index (χ0v) is 15.9. The number of benzene rings is 2. The molecule has 0 atom stereocenters. The average molecular weight is 377 g/mol. The molecule has 4 rings (SSSR count). The molecule has 1 saturated heterocycles. The van der Waals surface area contributed by atoms with E-state index in [2.05, 4.69) is 11.4 Å². The highest BCUT2D eigenvalue weighted by atomic mass is 16.4. The van der Waals surface area contributed by atoms with Crippen LogP contribution in [-0.2, 0) is 13.1 Å². The molecule has 0 unspecified atom stereocenters. The number of fused-ring (bicyclic) bond motifs is 1. The van der Waals surface area contributed by atoms with Gasteiger partial charge in [-0.3, -0.25) is 4.79 Å². The molecule has 0 aliphatic carbocycles. The lowest BCUT2D eigenvalue weighted by molar-refractivity contribution is -0.918. The number of quaternary nitrogens is 1. The molecule has 0 bridgehead atoms. The highest BCUT2D eigenvalue weighted by molar-refractivity contribution is 5.96. The summed E-state index contributed by atoms with van der Waals surface area (Å²) in [5.74, 6) is -0.403. The minimum Gasteiger partial charge on any atom is -0.422 e. The van der Waals surface area contributed by atoms with Gasteiger partial charge >= 0.3 is 5.63 Å². The van der Waals surface area contributed by atoms with Crippen LogP contribution in [0.2, 0.25) is 0 Å². The normalized spacial score (nSPS) is 14.9. The summed E-state index contributed by atoms with van der Waals surface area (Å²) in [7, 11) is 0. The van der Waals surface area contributed by atoms with Gasteiger partial charge in [-0.1, -0.05) is 42.5 Å². The predicted molar refractivity (Wildman–Crippen MR) is 108 cm³/mol. The third-order valence-electron chi connectivity index (χ3n) is 5.44. The van der Waals surface area contributed by atoms with E-state index in [1.807, 2.05) is 30.3 Å². The molecule has 2 aromatic carbocycles. The minimum atomic E-state index is -0.609. The fourth-order valence-corrected chi connectivity index (χ4v) is 3.89. The molecule has 5 heteroatoms. The van der Waals surface area contributed by atoms with Gasteiger partial charge in [0, 0.05) is 17.5 Å². The quantitative estimate of drug-likeness (QED) is 0.671. The van der Waals surface area contributed by atoms with E-state index < -0.39 is 11.5 Å². The Bertz CT molecular complexity index is 1040. The summed E-state index contributed by atoms with van der Waals surface area (Å²) in [4.78, 5) is 26.4. The van der Waals surface area contributed by atoms with E-state index in [0.717, 1.165) is 17.5 Å². The minimum absolute atomic E-state index is 0.0397. The van der Waals surface area contributed by atoms with Gasteiger partial charge in [-0.2, -0.15) is 0 Å². The molecule has 28 heavy (non-hydrogen) atoms. The van der Waals surface area contributed by atoms with Crippen LogP contribution in [0.15, 0.2) is 63.8 Å². The zero-order valence-electron chi connectivity index (χ0n) is 15.9. The molecule has 2 N–H and O–H groups in total. The molecule has 2 heterocycles. The summed E-state index contributed by atoms with van der Waals surface area (Å²) >= 11 is 0. The lowest BCUT2D eigenvalue weighted by atomic mass is 10.0. The number of likely N-dealkylation sites (tertiary alicyclic amines) is 1. The highest BCUT2D eigenvalue weighted by Crippen LogP contribution is 2.13. The lowest BCUT2D eigenvalue weighted by Crippen LogP contribution is -3.11. The molecule has 144 valence electrons. The van der Waals surface area contributed by atoms with E-state index in [0.29, 0.717) is 12.1 Å². The zero-order chi connectivity index (χ0) is 19.3. The molecule has 1 fully saturated rings. The Hall–Kier alpha value is -2.92. The van der Waals surface area contributed by atoms with Gasteiger partial charge in [0.15, 0.2) is 0 Å². The largest absolute Gasteiger partial charge is 0.422 e.